The summed E-state index contributed by atoms with van der Waals surface area (Å²) < 4.78 is 0. The predicted molar refractivity (Wildman–Crippen MR) is 80.1 cm³/mol. The molecule has 2 heteroatoms. The van der Waals surface area contributed by atoms with E-state index in [2.05, 4.69) is 36.2 Å². The normalized spacial score (nSPS) is 23.7. The largest absolute Gasteiger partial charge is 0.328 e. The number of benzene rings is 1. The van der Waals surface area contributed by atoms with E-state index >= 15 is 0 Å². The van der Waals surface area contributed by atoms with Gasteiger partial charge in [-0.25, -0.2) is 0 Å². The number of hydrogen-bond acceptors (Lipinski definition) is 2. The van der Waals surface area contributed by atoms with Crippen molar-refractivity contribution in [2.75, 3.05) is 0 Å². The molecule has 2 aromatic rings. The van der Waals surface area contributed by atoms with Gasteiger partial charge >= 0.3 is 0 Å². The highest BCUT2D eigenvalue weighted by molar-refractivity contribution is 5.79. The summed E-state index contributed by atoms with van der Waals surface area (Å²) in [5, 5.41) is 1.27. The molecule has 0 saturated heterocycles. The van der Waals surface area contributed by atoms with Crippen LogP contribution < -0.4 is 5.73 Å². The Morgan fingerprint density at radius 3 is 2.74 bits per heavy atom. The highest BCUT2D eigenvalue weighted by Crippen LogP contribution is 2.27. The quantitative estimate of drug-likeness (QED) is 0.889. The monoisotopic (exact) mass is 254 g/mol. The SMILES string of the molecule is Cc1cnc2ccc(CC3CCC(N)CC3)cc2c1. The summed E-state index contributed by atoms with van der Waals surface area (Å²) in [7, 11) is 0. The minimum atomic E-state index is 0.444. The maximum absolute atomic E-state index is 5.97. The van der Waals surface area contributed by atoms with Crippen molar-refractivity contribution in [2.45, 2.75) is 45.1 Å². The summed E-state index contributed by atoms with van der Waals surface area (Å²) in [5.74, 6) is 0.815. The zero-order chi connectivity index (χ0) is 13.2. The van der Waals surface area contributed by atoms with Crippen LogP contribution in [0.3, 0.4) is 0 Å². The number of nitrogens with two attached hydrogens (primary N) is 1. The van der Waals surface area contributed by atoms with Crippen molar-refractivity contribution in [1.82, 2.24) is 4.98 Å². The van der Waals surface area contributed by atoms with E-state index in [1.807, 2.05) is 6.20 Å². The highest BCUT2D eigenvalue weighted by Gasteiger charge is 2.18. The topological polar surface area (TPSA) is 38.9 Å². The molecule has 1 aromatic carbocycles. The third-order valence-electron chi connectivity index (χ3n) is 4.30. The Balaban J connectivity index is 1.77. The Kier molecular flexibility index (Phi) is 3.52. The molecule has 19 heavy (non-hydrogen) atoms. The number of aryl methyl sites for hydroxylation is 1. The van der Waals surface area contributed by atoms with Crippen LogP contribution in [0.2, 0.25) is 0 Å². The fourth-order valence-electron chi connectivity index (χ4n) is 3.14. The Bertz CT molecular complexity index is 568. The second-order valence-corrected chi connectivity index (χ2v) is 6.02. The molecule has 0 amide bonds. The van der Waals surface area contributed by atoms with Gasteiger partial charge in [-0.05, 0) is 74.3 Å². The van der Waals surface area contributed by atoms with Crippen molar-refractivity contribution in [3.63, 3.8) is 0 Å². The molecule has 2 N–H and O–H groups in total. The van der Waals surface area contributed by atoms with Crippen LogP contribution in [0.15, 0.2) is 30.5 Å². The van der Waals surface area contributed by atoms with Crippen molar-refractivity contribution in [2.24, 2.45) is 11.7 Å². The lowest BCUT2D eigenvalue weighted by Gasteiger charge is -2.26. The van der Waals surface area contributed by atoms with Gasteiger partial charge in [-0.15, -0.1) is 0 Å². The van der Waals surface area contributed by atoms with E-state index in [0.29, 0.717) is 6.04 Å². The molecule has 0 aliphatic heterocycles. The first kappa shape index (κ1) is 12.6. The Morgan fingerprint density at radius 1 is 1.16 bits per heavy atom. The summed E-state index contributed by atoms with van der Waals surface area (Å²) in [4.78, 5) is 4.46. The van der Waals surface area contributed by atoms with E-state index in [-0.39, 0.29) is 0 Å². The molecule has 0 spiro atoms. The molecule has 1 heterocycles. The summed E-state index contributed by atoms with van der Waals surface area (Å²) in [5.41, 5.74) is 9.75. The van der Waals surface area contributed by atoms with E-state index < -0.39 is 0 Å². The van der Waals surface area contributed by atoms with Gasteiger partial charge in [-0.3, -0.25) is 4.98 Å². The second kappa shape index (κ2) is 5.30. The lowest BCUT2D eigenvalue weighted by Crippen LogP contribution is -2.27. The van der Waals surface area contributed by atoms with Gasteiger partial charge in [-0.1, -0.05) is 6.07 Å². The number of fused-ring (bicyclic) bond motifs is 1. The van der Waals surface area contributed by atoms with Gasteiger partial charge < -0.3 is 5.73 Å². The highest BCUT2D eigenvalue weighted by atomic mass is 14.6. The maximum atomic E-state index is 5.97. The van der Waals surface area contributed by atoms with Crippen LogP contribution in [0.1, 0.15) is 36.8 Å². The average Bonchev–Trinajstić information content (AvgIpc) is 2.41. The average molecular weight is 254 g/mol. The first-order chi connectivity index (χ1) is 9.20. The van der Waals surface area contributed by atoms with Gasteiger partial charge in [0.2, 0.25) is 0 Å². The van der Waals surface area contributed by atoms with Crippen molar-refractivity contribution >= 4 is 10.9 Å². The van der Waals surface area contributed by atoms with Crippen LogP contribution in [-0.2, 0) is 6.42 Å². The lowest BCUT2D eigenvalue weighted by atomic mass is 9.82. The third-order valence-corrected chi connectivity index (χ3v) is 4.30. The molecule has 0 atom stereocenters. The van der Waals surface area contributed by atoms with Crippen LogP contribution >= 0.6 is 0 Å². The van der Waals surface area contributed by atoms with E-state index in [0.717, 1.165) is 11.4 Å². The van der Waals surface area contributed by atoms with Gasteiger partial charge in [-0.2, -0.15) is 0 Å². The summed E-state index contributed by atoms with van der Waals surface area (Å²) in [6, 6.07) is 9.37. The molecule has 1 aromatic heterocycles. The van der Waals surface area contributed by atoms with Gasteiger partial charge in [0.05, 0.1) is 5.52 Å². The zero-order valence-electron chi connectivity index (χ0n) is 11.6. The van der Waals surface area contributed by atoms with Crippen LogP contribution in [0.5, 0.6) is 0 Å². The molecule has 2 nitrogen and oxygen atoms in total. The number of rotatable bonds is 2. The zero-order valence-corrected chi connectivity index (χ0v) is 11.6. The molecular weight excluding hydrogens is 232 g/mol. The molecular formula is C17H22N2. The predicted octanol–water partition coefficient (Wildman–Crippen LogP) is 3.60. The summed E-state index contributed by atoms with van der Waals surface area (Å²) >= 11 is 0. The number of aromatic nitrogens is 1. The Labute approximate surface area is 115 Å². The molecule has 0 bridgehead atoms. The minimum Gasteiger partial charge on any atom is -0.328 e. The van der Waals surface area contributed by atoms with Crippen LogP contribution in [-0.4, -0.2) is 11.0 Å². The summed E-state index contributed by atoms with van der Waals surface area (Å²) in [6.45, 7) is 2.10. The molecule has 3 rings (SSSR count). The van der Waals surface area contributed by atoms with Crippen LogP contribution in [0.25, 0.3) is 10.9 Å². The van der Waals surface area contributed by atoms with E-state index in [4.69, 9.17) is 5.73 Å². The van der Waals surface area contributed by atoms with Gasteiger partial charge in [0.1, 0.15) is 0 Å². The molecule has 0 unspecified atom stereocenters. The second-order valence-electron chi connectivity index (χ2n) is 6.02. The smallest absolute Gasteiger partial charge is 0.0702 e. The number of pyridine rings is 1. The lowest BCUT2D eigenvalue weighted by molar-refractivity contribution is 0.325. The minimum absolute atomic E-state index is 0.444. The Morgan fingerprint density at radius 2 is 1.95 bits per heavy atom. The molecule has 1 fully saturated rings. The first-order valence-electron chi connectivity index (χ1n) is 7.31. The van der Waals surface area contributed by atoms with Gasteiger partial charge in [0.25, 0.3) is 0 Å². The molecule has 1 aliphatic rings. The fourth-order valence-corrected chi connectivity index (χ4v) is 3.14. The number of nitrogens with zero attached hydrogens (tertiary/aromatic N) is 1. The van der Waals surface area contributed by atoms with E-state index in [1.165, 1.54) is 48.6 Å². The van der Waals surface area contributed by atoms with Crippen molar-refractivity contribution in [3.05, 3.63) is 41.6 Å². The molecule has 0 radical (unpaired) electrons. The fraction of sp³-hybridized carbons (Fsp3) is 0.471. The first-order valence-corrected chi connectivity index (χ1v) is 7.31. The summed E-state index contributed by atoms with van der Waals surface area (Å²) in [6.07, 6.45) is 8.08. The van der Waals surface area contributed by atoms with E-state index in [1.54, 1.807) is 0 Å². The van der Waals surface area contributed by atoms with Crippen LogP contribution in [0.4, 0.5) is 0 Å². The maximum Gasteiger partial charge on any atom is 0.0702 e. The molecule has 1 aliphatic carbocycles. The standard InChI is InChI=1S/C17H22N2/c1-12-8-15-10-14(4-7-17(15)19-11-12)9-13-2-5-16(18)6-3-13/h4,7-8,10-11,13,16H,2-3,5-6,9,18H2,1H3. The van der Waals surface area contributed by atoms with Crippen molar-refractivity contribution in [3.8, 4) is 0 Å². The molecule has 1 saturated carbocycles. The van der Waals surface area contributed by atoms with Gasteiger partial charge in [0.15, 0.2) is 0 Å². The van der Waals surface area contributed by atoms with Crippen molar-refractivity contribution < 1.29 is 0 Å². The third kappa shape index (κ3) is 2.95. The van der Waals surface area contributed by atoms with E-state index in [9.17, 15) is 0 Å². The van der Waals surface area contributed by atoms with Gasteiger partial charge in [0, 0.05) is 17.6 Å². The molecule has 100 valence electrons. The Hall–Kier alpha value is -1.41. The van der Waals surface area contributed by atoms with Crippen molar-refractivity contribution in [1.29, 1.82) is 0 Å². The van der Waals surface area contributed by atoms with Crippen LogP contribution in [0, 0.1) is 12.8 Å². The number of hydrogen-bond donors (Lipinski definition) is 1.